The SMILES string of the molecule is O=C(c1[nH]c2ccccc2c1Cl)N1CCC[C@@H](C(=O)N2CCOCC2)C1. The zero-order valence-corrected chi connectivity index (χ0v) is 15.3. The third-order valence-corrected chi connectivity index (χ3v) is 5.63. The van der Waals surface area contributed by atoms with Gasteiger partial charge in [-0.1, -0.05) is 29.8 Å². The molecule has 1 N–H and O–H groups in total. The van der Waals surface area contributed by atoms with Crippen LogP contribution in [0.4, 0.5) is 0 Å². The van der Waals surface area contributed by atoms with E-state index < -0.39 is 0 Å². The number of nitrogens with zero attached hydrogens (tertiary/aromatic N) is 2. The Morgan fingerprint density at radius 2 is 1.88 bits per heavy atom. The van der Waals surface area contributed by atoms with Gasteiger partial charge in [0.2, 0.25) is 5.91 Å². The number of H-pyrrole nitrogens is 1. The molecule has 2 amide bonds. The first kappa shape index (κ1) is 17.4. The number of nitrogens with one attached hydrogen (secondary N) is 1. The number of rotatable bonds is 2. The third kappa shape index (κ3) is 3.19. The number of carbonyl (C=O) groups excluding carboxylic acids is 2. The Labute approximate surface area is 157 Å². The lowest BCUT2D eigenvalue weighted by Crippen LogP contribution is -2.49. The van der Waals surface area contributed by atoms with Crippen molar-refractivity contribution in [2.45, 2.75) is 12.8 Å². The van der Waals surface area contributed by atoms with Crippen molar-refractivity contribution in [1.29, 1.82) is 0 Å². The van der Waals surface area contributed by atoms with Crippen molar-refractivity contribution in [3.8, 4) is 0 Å². The lowest BCUT2D eigenvalue weighted by Gasteiger charge is -2.36. The van der Waals surface area contributed by atoms with Gasteiger partial charge in [0.15, 0.2) is 0 Å². The molecule has 138 valence electrons. The molecule has 26 heavy (non-hydrogen) atoms. The zero-order valence-electron chi connectivity index (χ0n) is 14.5. The van der Waals surface area contributed by atoms with Crippen LogP contribution in [0.3, 0.4) is 0 Å². The monoisotopic (exact) mass is 375 g/mol. The summed E-state index contributed by atoms with van der Waals surface area (Å²) in [6.45, 7) is 3.55. The minimum atomic E-state index is -0.144. The largest absolute Gasteiger partial charge is 0.378 e. The average Bonchev–Trinajstić information content (AvgIpc) is 3.04. The molecule has 6 nitrogen and oxygen atoms in total. The number of amides is 2. The molecule has 1 aromatic heterocycles. The van der Waals surface area contributed by atoms with Crippen molar-refractivity contribution in [2.24, 2.45) is 5.92 Å². The van der Waals surface area contributed by atoms with Gasteiger partial charge in [-0.05, 0) is 18.9 Å². The van der Waals surface area contributed by atoms with Gasteiger partial charge < -0.3 is 19.5 Å². The van der Waals surface area contributed by atoms with Gasteiger partial charge >= 0.3 is 0 Å². The predicted molar refractivity (Wildman–Crippen MR) is 99.3 cm³/mol. The van der Waals surface area contributed by atoms with E-state index in [2.05, 4.69) is 4.98 Å². The highest BCUT2D eigenvalue weighted by Gasteiger charge is 2.33. The molecule has 1 atom stereocenters. The van der Waals surface area contributed by atoms with E-state index in [1.54, 1.807) is 4.90 Å². The molecular weight excluding hydrogens is 354 g/mol. The van der Waals surface area contributed by atoms with E-state index in [1.807, 2.05) is 29.2 Å². The summed E-state index contributed by atoms with van der Waals surface area (Å²) in [5, 5.41) is 1.29. The molecular formula is C19H22ClN3O3. The van der Waals surface area contributed by atoms with Crippen LogP contribution in [0.5, 0.6) is 0 Å². The van der Waals surface area contributed by atoms with E-state index in [0.29, 0.717) is 50.1 Å². The summed E-state index contributed by atoms with van der Waals surface area (Å²) >= 11 is 6.42. The predicted octanol–water partition coefficient (Wildman–Crippen LogP) is 2.53. The Hall–Kier alpha value is -2.05. The van der Waals surface area contributed by atoms with E-state index in [4.69, 9.17) is 16.3 Å². The molecule has 2 aromatic rings. The minimum Gasteiger partial charge on any atom is -0.378 e. The molecule has 1 aromatic carbocycles. The van der Waals surface area contributed by atoms with Gasteiger partial charge in [0, 0.05) is 37.1 Å². The normalized spacial score (nSPS) is 21.2. The molecule has 0 spiro atoms. The second-order valence-electron chi connectivity index (χ2n) is 6.89. The molecule has 2 aliphatic rings. The summed E-state index contributed by atoms with van der Waals surface area (Å²) in [5.41, 5.74) is 1.26. The van der Waals surface area contributed by atoms with Crippen LogP contribution >= 0.6 is 11.6 Å². The maximum Gasteiger partial charge on any atom is 0.271 e. The highest BCUT2D eigenvalue weighted by molar-refractivity contribution is 6.38. The van der Waals surface area contributed by atoms with Crippen LogP contribution in [-0.4, -0.2) is 66.0 Å². The molecule has 2 aliphatic heterocycles. The Morgan fingerprint density at radius 3 is 2.65 bits per heavy atom. The van der Waals surface area contributed by atoms with Gasteiger partial charge in [-0.15, -0.1) is 0 Å². The van der Waals surface area contributed by atoms with Crippen LogP contribution in [0, 0.1) is 5.92 Å². The third-order valence-electron chi connectivity index (χ3n) is 5.24. The zero-order chi connectivity index (χ0) is 18.1. The number of aromatic amines is 1. The lowest BCUT2D eigenvalue weighted by molar-refractivity contribution is -0.141. The second kappa shape index (κ2) is 7.29. The van der Waals surface area contributed by atoms with Crippen LogP contribution in [-0.2, 0) is 9.53 Å². The Bertz CT molecular complexity index is 829. The van der Waals surface area contributed by atoms with E-state index in [9.17, 15) is 9.59 Å². The summed E-state index contributed by atoms with van der Waals surface area (Å²) in [5.74, 6) is -0.145. The number of carbonyl (C=O) groups is 2. The summed E-state index contributed by atoms with van der Waals surface area (Å²) in [6, 6.07) is 7.60. The second-order valence-corrected chi connectivity index (χ2v) is 7.27. The standard InChI is InChI=1S/C19H22ClN3O3/c20-16-14-5-1-2-6-15(14)21-17(16)19(25)23-7-3-4-13(12-23)18(24)22-8-10-26-11-9-22/h1-2,5-6,13,21H,3-4,7-12H2/t13-/m1/s1. The van der Waals surface area contributed by atoms with Crippen molar-refractivity contribution in [2.75, 3.05) is 39.4 Å². The summed E-state index contributed by atoms with van der Waals surface area (Å²) in [4.78, 5) is 32.5. The number of aromatic nitrogens is 1. The van der Waals surface area contributed by atoms with E-state index in [1.165, 1.54) is 0 Å². The molecule has 0 saturated carbocycles. The number of likely N-dealkylation sites (tertiary alicyclic amines) is 1. The van der Waals surface area contributed by atoms with E-state index >= 15 is 0 Å². The van der Waals surface area contributed by atoms with Crippen molar-refractivity contribution in [1.82, 2.24) is 14.8 Å². The topological polar surface area (TPSA) is 65.6 Å². The van der Waals surface area contributed by atoms with E-state index in [-0.39, 0.29) is 17.7 Å². The fraction of sp³-hybridized carbons (Fsp3) is 0.474. The number of hydrogen-bond acceptors (Lipinski definition) is 3. The van der Waals surface area contributed by atoms with Crippen LogP contribution in [0.15, 0.2) is 24.3 Å². The molecule has 4 rings (SSSR count). The maximum atomic E-state index is 13.0. The fourth-order valence-corrected chi connectivity index (χ4v) is 4.11. The Balaban J connectivity index is 1.50. The first-order valence-electron chi connectivity index (χ1n) is 9.07. The quantitative estimate of drug-likeness (QED) is 0.877. The number of ether oxygens (including phenoxy) is 1. The average molecular weight is 376 g/mol. The van der Waals surface area contributed by atoms with Crippen molar-refractivity contribution >= 4 is 34.3 Å². The highest BCUT2D eigenvalue weighted by Crippen LogP contribution is 2.29. The summed E-state index contributed by atoms with van der Waals surface area (Å²) in [7, 11) is 0. The summed E-state index contributed by atoms with van der Waals surface area (Å²) in [6.07, 6.45) is 1.64. The van der Waals surface area contributed by atoms with Crippen LogP contribution < -0.4 is 0 Å². The van der Waals surface area contributed by atoms with Crippen LogP contribution in [0.2, 0.25) is 5.02 Å². The smallest absolute Gasteiger partial charge is 0.271 e. The molecule has 0 bridgehead atoms. The fourth-order valence-electron chi connectivity index (χ4n) is 3.82. The number of fused-ring (bicyclic) bond motifs is 1. The number of piperidine rings is 1. The summed E-state index contributed by atoms with van der Waals surface area (Å²) < 4.78 is 5.32. The first-order valence-corrected chi connectivity index (χ1v) is 9.45. The molecule has 2 fully saturated rings. The van der Waals surface area contributed by atoms with Crippen molar-refractivity contribution in [3.05, 3.63) is 35.0 Å². The van der Waals surface area contributed by atoms with E-state index in [0.717, 1.165) is 23.7 Å². The highest BCUT2D eigenvalue weighted by atomic mass is 35.5. The van der Waals surface area contributed by atoms with Crippen molar-refractivity contribution < 1.29 is 14.3 Å². The number of para-hydroxylation sites is 1. The molecule has 0 radical (unpaired) electrons. The number of hydrogen-bond donors (Lipinski definition) is 1. The Morgan fingerprint density at radius 1 is 1.12 bits per heavy atom. The van der Waals surface area contributed by atoms with Gasteiger partial charge in [-0.3, -0.25) is 9.59 Å². The molecule has 0 aliphatic carbocycles. The van der Waals surface area contributed by atoms with Gasteiger partial charge in [0.05, 0.1) is 24.2 Å². The molecule has 0 unspecified atom stereocenters. The molecule has 7 heteroatoms. The molecule has 3 heterocycles. The minimum absolute atomic E-state index is 0.133. The van der Waals surface area contributed by atoms with Gasteiger partial charge in [0.1, 0.15) is 5.69 Å². The van der Waals surface area contributed by atoms with Gasteiger partial charge in [-0.2, -0.15) is 0 Å². The van der Waals surface area contributed by atoms with Gasteiger partial charge in [0.25, 0.3) is 5.91 Å². The lowest BCUT2D eigenvalue weighted by atomic mass is 9.96. The van der Waals surface area contributed by atoms with Gasteiger partial charge in [-0.25, -0.2) is 0 Å². The maximum absolute atomic E-state index is 13.0. The van der Waals surface area contributed by atoms with Crippen LogP contribution in [0.25, 0.3) is 10.9 Å². The molecule has 2 saturated heterocycles. The van der Waals surface area contributed by atoms with Crippen LogP contribution in [0.1, 0.15) is 23.3 Å². The number of benzene rings is 1. The number of halogens is 1. The first-order chi connectivity index (χ1) is 12.6. The Kier molecular flexibility index (Phi) is 4.87. The number of morpholine rings is 1. The van der Waals surface area contributed by atoms with Crippen molar-refractivity contribution in [3.63, 3.8) is 0 Å².